The highest BCUT2D eigenvalue weighted by molar-refractivity contribution is 5.79. The van der Waals surface area contributed by atoms with Crippen molar-refractivity contribution in [2.45, 2.75) is 45.1 Å². The van der Waals surface area contributed by atoms with E-state index in [1.807, 2.05) is 31.3 Å². The molecule has 2 atom stereocenters. The van der Waals surface area contributed by atoms with Gasteiger partial charge in [0.2, 0.25) is 11.9 Å². The number of fused-ring (bicyclic) bond motifs is 1. The maximum absolute atomic E-state index is 12.7. The Morgan fingerprint density at radius 3 is 2.88 bits per heavy atom. The zero-order chi connectivity index (χ0) is 17.9. The van der Waals surface area contributed by atoms with E-state index in [-0.39, 0.29) is 17.9 Å². The second-order valence-corrected chi connectivity index (χ2v) is 7.26. The lowest BCUT2D eigenvalue weighted by atomic mass is 9.86. The van der Waals surface area contributed by atoms with Crippen LogP contribution in [0, 0.1) is 5.92 Å². The van der Waals surface area contributed by atoms with Crippen molar-refractivity contribution >= 4 is 11.9 Å². The molecular weight excluding hydrogens is 326 g/mol. The molecule has 0 bridgehead atoms. The molecule has 6 heteroatoms. The molecule has 1 aliphatic heterocycles. The molecule has 1 fully saturated rings. The summed E-state index contributed by atoms with van der Waals surface area (Å²) >= 11 is 0. The Morgan fingerprint density at radius 2 is 2.12 bits per heavy atom. The number of carbonyl (C=O) groups is 1. The first-order valence-corrected chi connectivity index (χ1v) is 9.52. The lowest BCUT2D eigenvalue weighted by Crippen LogP contribution is -2.36. The SMILES string of the molecule is CC(NC(=O)C1CCc2nc(N3CCCC3)ncc2C1)c1ccccn1. The van der Waals surface area contributed by atoms with Gasteiger partial charge in [-0.2, -0.15) is 0 Å². The molecule has 4 rings (SSSR count). The number of aromatic nitrogens is 3. The number of nitrogens with zero attached hydrogens (tertiary/aromatic N) is 4. The molecule has 0 aromatic carbocycles. The van der Waals surface area contributed by atoms with Crippen molar-refractivity contribution in [2.24, 2.45) is 5.92 Å². The number of carbonyl (C=O) groups excluding carboxylic acids is 1. The van der Waals surface area contributed by atoms with Gasteiger partial charge in [-0.05, 0) is 56.7 Å². The normalized spacial score (nSPS) is 20.5. The Hall–Kier alpha value is -2.50. The van der Waals surface area contributed by atoms with Crippen LogP contribution in [0.25, 0.3) is 0 Å². The van der Waals surface area contributed by atoms with Crippen molar-refractivity contribution in [2.75, 3.05) is 18.0 Å². The third kappa shape index (κ3) is 3.54. The van der Waals surface area contributed by atoms with Crippen molar-refractivity contribution in [3.63, 3.8) is 0 Å². The van der Waals surface area contributed by atoms with E-state index in [1.54, 1.807) is 6.20 Å². The summed E-state index contributed by atoms with van der Waals surface area (Å²) in [5.74, 6) is 0.931. The lowest BCUT2D eigenvalue weighted by Gasteiger charge is -2.25. The first kappa shape index (κ1) is 16.9. The topological polar surface area (TPSA) is 71.0 Å². The molecule has 0 saturated carbocycles. The second kappa shape index (κ2) is 7.40. The van der Waals surface area contributed by atoms with Gasteiger partial charge in [0, 0.05) is 37.1 Å². The summed E-state index contributed by atoms with van der Waals surface area (Å²) in [6.45, 7) is 4.08. The maximum atomic E-state index is 12.7. The van der Waals surface area contributed by atoms with E-state index in [4.69, 9.17) is 4.98 Å². The standard InChI is InChI=1S/C20H25N5O/c1-14(17-6-2-3-9-21-17)23-19(26)15-7-8-18-16(12-15)13-22-20(24-18)25-10-4-5-11-25/h2-3,6,9,13-15H,4-5,7-8,10-12H2,1H3,(H,23,26). The predicted molar refractivity (Wildman–Crippen MR) is 99.8 cm³/mol. The number of amides is 1. The first-order valence-electron chi connectivity index (χ1n) is 9.52. The number of nitrogens with one attached hydrogen (secondary N) is 1. The molecule has 1 amide bonds. The molecule has 1 N–H and O–H groups in total. The van der Waals surface area contributed by atoms with Gasteiger partial charge in [-0.15, -0.1) is 0 Å². The fourth-order valence-electron chi connectivity index (χ4n) is 3.83. The van der Waals surface area contributed by atoms with Crippen LogP contribution in [-0.4, -0.2) is 33.9 Å². The maximum Gasteiger partial charge on any atom is 0.225 e. The highest BCUT2D eigenvalue weighted by atomic mass is 16.1. The van der Waals surface area contributed by atoms with Crippen LogP contribution < -0.4 is 10.2 Å². The van der Waals surface area contributed by atoms with E-state index in [0.29, 0.717) is 0 Å². The minimum Gasteiger partial charge on any atom is -0.348 e. The van der Waals surface area contributed by atoms with Gasteiger partial charge in [-0.25, -0.2) is 9.97 Å². The summed E-state index contributed by atoms with van der Waals surface area (Å²) in [4.78, 5) is 28.6. The third-order valence-corrected chi connectivity index (χ3v) is 5.39. The molecule has 0 spiro atoms. The number of aryl methyl sites for hydroxylation is 1. The molecule has 2 aromatic heterocycles. The molecule has 2 aliphatic rings. The van der Waals surface area contributed by atoms with Crippen LogP contribution in [0.1, 0.15) is 49.2 Å². The number of pyridine rings is 1. The van der Waals surface area contributed by atoms with E-state index in [2.05, 4.69) is 20.2 Å². The van der Waals surface area contributed by atoms with Gasteiger partial charge >= 0.3 is 0 Å². The molecule has 26 heavy (non-hydrogen) atoms. The first-order chi connectivity index (χ1) is 12.7. The van der Waals surface area contributed by atoms with E-state index in [0.717, 1.165) is 55.3 Å². The fourth-order valence-corrected chi connectivity index (χ4v) is 3.83. The van der Waals surface area contributed by atoms with E-state index in [9.17, 15) is 4.79 Å². The summed E-state index contributed by atoms with van der Waals surface area (Å²) in [6, 6.07) is 5.68. The number of hydrogen-bond acceptors (Lipinski definition) is 5. The van der Waals surface area contributed by atoms with Gasteiger partial charge in [0.15, 0.2) is 0 Å². The zero-order valence-electron chi connectivity index (χ0n) is 15.2. The monoisotopic (exact) mass is 351 g/mol. The minimum absolute atomic E-state index is 0.0186. The average molecular weight is 351 g/mol. The van der Waals surface area contributed by atoms with Crippen LogP contribution in [0.15, 0.2) is 30.6 Å². The highest BCUT2D eigenvalue weighted by Crippen LogP contribution is 2.27. The molecule has 0 radical (unpaired) electrons. The molecular formula is C20H25N5O. The van der Waals surface area contributed by atoms with Gasteiger partial charge in [0.05, 0.1) is 11.7 Å². The number of rotatable bonds is 4. The zero-order valence-corrected chi connectivity index (χ0v) is 15.2. The lowest BCUT2D eigenvalue weighted by molar-refractivity contribution is -0.126. The van der Waals surface area contributed by atoms with Crippen LogP contribution in [0.4, 0.5) is 5.95 Å². The van der Waals surface area contributed by atoms with Gasteiger partial charge in [0.1, 0.15) is 0 Å². The van der Waals surface area contributed by atoms with Crippen LogP contribution in [0.2, 0.25) is 0 Å². The second-order valence-electron chi connectivity index (χ2n) is 7.26. The molecule has 2 aromatic rings. The van der Waals surface area contributed by atoms with Crippen LogP contribution in [-0.2, 0) is 17.6 Å². The molecule has 6 nitrogen and oxygen atoms in total. The van der Waals surface area contributed by atoms with Gasteiger partial charge < -0.3 is 10.2 Å². The average Bonchev–Trinajstić information content (AvgIpc) is 3.22. The number of anilines is 1. The van der Waals surface area contributed by atoms with E-state index >= 15 is 0 Å². The molecule has 1 saturated heterocycles. The Labute approximate surface area is 154 Å². The van der Waals surface area contributed by atoms with Crippen molar-refractivity contribution in [1.29, 1.82) is 0 Å². The summed E-state index contributed by atoms with van der Waals surface area (Å²) in [5, 5.41) is 3.10. The Morgan fingerprint density at radius 1 is 1.27 bits per heavy atom. The molecule has 2 unspecified atom stereocenters. The molecule has 3 heterocycles. The van der Waals surface area contributed by atoms with Crippen LogP contribution >= 0.6 is 0 Å². The Kier molecular flexibility index (Phi) is 4.82. The molecule has 136 valence electrons. The highest BCUT2D eigenvalue weighted by Gasteiger charge is 2.28. The summed E-state index contributed by atoms with van der Waals surface area (Å²) in [7, 11) is 0. The number of hydrogen-bond donors (Lipinski definition) is 1. The Balaban J connectivity index is 1.40. The van der Waals surface area contributed by atoms with Crippen molar-refractivity contribution in [3.8, 4) is 0 Å². The fraction of sp³-hybridized carbons (Fsp3) is 0.500. The van der Waals surface area contributed by atoms with E-state index < -0.39 is 0 Å². The van der Waals surface area contributed by atoms with Crippen molar-refractivity contribution in [1.82, 2.24) is 20.3 Å². The molecule has 1 aliphatic carbocycles. The quantitative estimate of drug-likeness (QED) is 0.916. The largest absolute Gasteiger partial charge is 0.348 e. The van der Waals surface area contributed by atoms with Crippen LogP contribution in [0.5, 0.6) is 0 Å². The van der Waals surface area contributed by atoms with Crippen molar-refractivity contribution < 1.29 is 4.79 Å². The van der Waals surface area contributed by atoms with E-state index in [1.165, 1.54) is 12.8 Å². The van der Waals surface area contributed by atoms with Gasteiger partial charge in [-0.3, -0.25) is 9.78 Å². The Bertz CT molecular complexity index is 773. The predicted octanol–water partition coefficient (Wildman–Crippen LogP) is 2.45. The van der Waals surface area contributed by atoms with Crippen LogP contribution in [0.3, 0.4) is 0 Å². The third-order valence-electron chi connectivity index (χ3n) is 5.39. The van der Waals surface area contributed by atoms with Crippen molar-refractivity contribution in [3.05, 3.63) is 47.5 Å². The summed E-state index contributed by atoms with van der Waals surface area (Å²) in [6.07, 6.45) is 8.52. The minimum atomic E-state index is -0.0844. The van der Waals surface area contributed by atoms with Gasteiger partial charge in [0.25, 0.3) is 0 Å². The van der Waals surface area contributed by atoms with Gasteiger partial charge in [-0.1, -0.05) is 6.07 Å². The smallest absolute Gasteiger partial charge is 0.225 e. The summed E-state index contributed by atoms with van der Waals surface area (Å²) in [5.41, 5.74) is 3.12. The summed E-state index contributed by atoms with van der Waals surface area (Å²) < 4.78 is 0.